The first-order chi connectivity index (χ1) is 12.8. The highest BCUT2D eigenvalue weighted by Crippen LogP contribution is 2.40. The Morgan fingerprint density at radius 2 is 1.93 bits per heavy atom. The van der Waals surface area contributed by atoms with Crippen molar-refractivity contribution in [2.45, 2.75) is 72.5 Å². The molecule has 2 radical (unpaired) electrons. The summed E-state index contributed by atoms with van der Waals surface area (Å²) >= 11 is 0. The fraction of sp³-hybridized carbons (Fsp3) is 0.565. The second-order valence-electron chi connectivity index (χ2n) is 7.52. The second kappa shape index (κ2) is 11.1. The fourth-order valence-electron chi connectivity index (χ4n) is 3.67. The van der Waals surface area contributed by atoms with Gasteiger partial charge in [-0.25, -0.2) is 0 Å². The molecule has 27 heavy (non-hydrogen) atoms. The van der Waals surface area contributed by atoms with Gasteiger partial charge in [0.25, 0.3) is 0 Å². The van der Waals surface area contributed by atoms with Crippen LogP contribution in [0.1, 0.15) is 66.2 Å². The number of unbranched alkanes of at least 4 members (excludes halogenated alkanes) is 2. The number of Topliss-reactive ketones (excluding diaryl/α,β-unsaturated/α-hetero) is 1. The predicted molar refractivity (Wildman–Crippen MR) is 113 cm³/mol. The molecule has 0 spiro atoms. The molecule has 0 saturated heterocycles. The van der Waals surface area contributed by atoms with Crippen molar-refractivity contribution in [2.75, 3.05) is 0 Å². The van der Waals surface area contributed by atoms with Gasteiger partial charge in [-0.3, -0.25) is 9.59 Å². The first-order valence-electron chi connectivity index (χ1n) is 10.0. The summed E-state index contributed by atoms with van der Waals surface area (Å²) in [6, 6.07) is 0. The van der Waals surface area contributed by atoms with Crippen molar-refractivity contribution < 1.29 is 14.7 Å². The molecule has 2 aliphatic carbocycles. The highest BCUT2D eigenvalue weighted by Gasteiger charge is 2.37. The van der Waals surface area contributed by atoms with Gasteiger partial charge in [0.1, 0.15) is 0 Å². The maximum absolute atomic E-state index is 12.7. The largest absolute Gasteiger partial charge is 0.504 e. The minimum absolute atomic E-state index is 0.0950. The molecular weight excluding hydrogens is 335 g/mol. The van der Waals surface area contributed by atoms with Crippen molar-refractivity contribution in [2.24, 2.45) is 11.8 Å². The maximum atomic E-state index is 12.7. The van der Waals surface area contributed by atoms with E-state index in [4.69, 9.17) is 7.85 Å². The van der Waals surface area contributed by atoms with Crippen LogP contribution in [0.3, 0.4) is 0 Å². The van der Waals surface area contributed by atoms with Crippen LogP contribution in [-0.2, 0) is 9.59 Å². The molecule has 0 saturated carbocycles. The summed E-state index contributed by atoms with van der Waals surface area (Å²) in [5.41, 5.74) is 2.88. The van der Waals surface area contributed by atoms with Crippen LogP contribution in [-0.4, -0.2) is 24.5 Å². The Balaban J connectivity index is 0.00000114. The number of aliphatic hydroxyl groups is 1. The van der Waals surface area contributed by atoms with Gasteiger partial charge in [0.05, 0.1) is 13.4 Å². The normalized spacial score (nSPS) is 22.7. The van der Waals surface area contributed by atoms with Gasteiger partial charge >= 0.3 is 0 Å². The zero-order valence-electron chi connectivity index (χ0n) is 17.3. The third-order valence-electron chi connectivity index (χ3n) is 5.10. The van der Waals surface area contributed by atoms with Crippen molar-refractivity contribution in [3.8, 4) is 0 Å². The molecule has 2 atom stereocenters. The molecule has 0 aromatic heterocycles. The molecule has 2 aliphatic rings. The third kappa shape index (κ3) is 6.09. The summed E-state index contributed by atoms with van der Waals surface area (Å²) in [6.07, 6.45) is 9.55. The Labute approximate surface area is 165 Å². The Hall–Kier alpha value is -1.84. The molecule has 0 fully saturated rings. The zero-order valence-corrected chi connectivity index (χ0v) is 17.3. The number of hydrogen-bond acceptors (Lipinski definition) is 3. The van der Waals surface area contributed by atoms with Crippen molar-refractivity contribution in [1.29, 1.82) is 0 Å². The summed E-state index contributed by atoms with van der Waals surface area (Å²) in [5, 5.41) is 10.5. The van der Waals surface area contributed by atoms with E-state index in [-0.39, 0.29) is 34.7 Å². The van der Waals surface area contributed by atoms with Crippen molar-refractivity contribution in [3.63, 3.8) is 0 Å². The Bertz CT molecular complexity index is 667. The number of carbonyl (C=O) groups is 2. The first-order valence-corrected chi connectivity index (χ1v) is 10.0. The minimum Gasteiger partial charge on any atom is -0.504 e. The molecule has 4 heteroatoms. The van der Waals surface area contributed by atoms with E-state index in [0.717, 1.165) is 44.0 Å². The van der Waals surface area contributed by atoms with Crippen LogP contribution < -0.4 is 0 Å². The molecule has 3 nitrogen and oxygen atoms in total. The van der Waals surface area contributed by atoms with Crippen LogP contribution in [0.4, 0.5) is 0 Å². The average Bonchev–Trinajstić information content (AvgIpc) is 2.60. The van der Waals surface area contributed by atoms with E-state index >= 15 is 0 Å². The van der Waals surface area contributed by atoms with Crippen molar-refractivity contribution in [1.82, 2.24) is 0 Å². The summed E-state index contributed by atoms with van der Waals surface area (Å²) in [7, 11) is 4.85. The molecule has 0 amide bonds. The smallest absolute Gasteiger partial charge is 0.223 e. The van der Waals surface area contributed by atoms with Crippen molar-refractivity contribution in [3.05, 3.63) is 46.8 Å². The lowest BCUT2D eigenvalue weighted by atomic mass is 9.71. The highest BCUT2D eigenvalue weighted by atomic mass is 16.3. The molecule has 1 N–H and O–H groups in total. The monoisotopic (exact) mass is 368 g/mol. The summed E-state index contributed by atoms with van der Waals surface area (Å²) in [4.78, 5) is 25.2. The predicted octanol–water partition coefficient (Wildman–Crippen LogP) is 5.60. The number of aliphatic hydroxyl groups excluding tert-OH is 1. The number of hydrogen-bond donors (Lipinski definition) is 1. The average molecular weight is 368 g/mol. The van der Waals surface area contributed by atoms with Crippen LogP contribution in [0.15, 0.2) is 46.8 Å². The molecule has 0 heterocycles. The van der Waals surface area contributed by atoms with E-state index < -0.39 is 0 Å². The van der Waals surface area contributed by atoms with Gasteiger partial charge in [0, 0.05) is 11.5 Å². The van der Waals surface area contributed by atoms with Gasteiger partial charge in [-0.1, -0.05) is 56.8 Å². The molecule has 0 unspecified atom stereocenters. The molecule has 0 bridgehead atoms. The SMILES string of the molecule is C=C(C)[C@@H]1CCC(C)=C[C@H]1C1=C(O)C(=O)C(CCCCC)=CC1=O.[B]CC. The lowest BCUT2D eigenvalue weighted by Crippen LogP contribution is -2.29. The molecule has 0 aliphatic heterocycles. The van der Waals surface area contributed by atoms with Gasteiger partial charge in [-0.2, -0.15) is 0 Å². The molecule has 2 rings (SSSR count). The maximum Gasteiger partial charge on any atom is 0.223 e. The Morgan fingerprint density at radius 3 is 2.48 bits per heavy atom. The molecule has 0 aromatic rings. The lowest BCUT2D eigenvalue weighted by molar-refractivity contribution is -0.118. The molecular formula is C23H33BO3. The van der Waals surface area contributed by atoms with Crippen LogP contribution in [0, 0.1) is 11.8 Å². The van der Waals surface area contributed by atoms with E-state index in [2.05, 4.69) is 13.5 Å². The number of allylic oxidation sites excluding steroid dienone is 6. The highest BCUT2D eigenvalue weighted by molar-refractivity contribution is 6.22. The van der Waals surface area contributed by atoms with Crippen molar-refractivity contribution >= 4 is 19.4 Å². The number of rotatable bonds is 6. The van der Waals surface area contributed by atoms with E-state index in [1.807, 2.05) is 26.8 Å². The lowest BCUT2D eigenvalue weighted by Gasteiger charge is -2.32. The Morgan fingerprint density at radius 1 is 1.30 bits per heavy atom. The molecule has 0 aromatic carbocycles. The van der Waals surface area contributed by atoms with Crippen LogP contribution in [0.2, 0.25) is 6.32 Å². The first kappa shape index (κ1) is 23.2. The van der Waals surface area contributed by atoms with Gasteiger partial charge in [-0.15, -0.1) is 0 Å². The van der Waals surface area contributed by atoms with E-state index in [9.17, 15) is 14.7 Å². The van der Waals surface area contributed by atoms with E-state index in [1.54, 1.807) is 0 Å². The van der Waals surface area contributed by atoms with Gasteiger partial charge in [-0.05, 0) is 51.5 Å². The van der Waals surface area contributed by atoms with Crippen LogP contribution in [0.5, 0.6) is 0 Å². The van der Waals surface area contributed by atoms with E-state index in [0.29, 0.717) is 12.0 Å². The number of carbonyl (C=O) groups excluding carboxylic acids is 2. The zero-order chi connectivity index (χ0) is 20.6. The second-order valence-corrected chi connectivity index (χ2v) is 7.52. The molecule has 146 valence electrons. The van der Waals surface area contributed by atoms with Gasteiger partial charge in [0.15, 0.2) is 11.5 Å². The summed E-state index contributed by atoms with van der Waals surface area (Å²) in [6.45, 7) is 12.0. The minimum atomic E-state index is -0.377. The third-order valence-corrected chi connectivity index (χ3v) is 5.10. The van der Waals surface area contributed by atoms with Crippen LogP contribution in [0.25, 0.3) is 0 Å². The van der Waals surface area contributed by atoms with Gasteiger partial charge < -0.3 is 5.11 Å². The summed E-state index contributed by atoms with van der Waals surface area (Å²) in [5.74, 6) is -1.10. The number of ketones is 2. The standard InChI is InChI=1S/C21H28O3.C2H5B/c1-5-6-7-8-15-12-18(22)19(21(24)20(15)23)17-11-14(4)9-10-16(17)13(2)3;1-2-3/h11-12,16-17,24H,2,5-10H2,1,3-4H3;2H2,1H3/t16-,17+;/m0./s1. The van der Waals surface area contributed by atoms with E-state index in [1.165, 1.54) is 11.6 Å². The fourth-order valence-corrected chi connectivity index (χ4v) is 3.67. The summed E-state index contributed by atoms with van der Waals surface area (Å²) < 4.78 is 0. The van der Waals surface area contributed by atoms with Crippen LogP contribution >= 0.6 is 0 Å². The Kier molecular flexibility index (Phi) is 9.55. The topological polar surface area (TPSA) is 54.4 Å². The van der Waals surface area contributed by atoms with Gasteiger partial charge in [0.2, 0.25) is 5.78 Å². The quantitative estimate of drug-likeness (QED) is 0.287.